The van der Waals surface area contributed by atoms with Crippen LogP contribution in [0.5, 0.6) is 0 Å². The molecule has 2 fully saturated rings. The van der Waals surface area contributed by atoms with Crippen LogP contribution in [0.25, 0.3) is 0 Å². The number of rotatable bonds is 6. The molecule has 8 heteroatoms. The van der Waals surface area contributed by atoms with Gasteiger partial charge in [-0.1, -0.05) is 30.3 Å². The third-order valence-corrected chi connectivity index (χ3v) is 4.26. The van der Waals surface area contributed by atoms with Gasteiger partial charge in [-0.15, -0.1) is 0 Å². The van der Waals surface area contributed by atoms with Crippen molar-refractivity contribution in [3.8, 4) is 0 Å². The van der Waals surface area contributed by atoms with Gasteiger partial charge in [0.1, 0.15) is 12.2 Å². The normalized spacial score (nSPS) is 31.3. The minimum atomic E-state index is -1.03. The van der Waals surface area contributed by atoms with Gasteiger partial charge in [0.25, 0.3) is 0 Å². The Balaban J connectivity index is 1.75. The number of carbonyl (C=O) groups is 2. The lowest BCUT2D eigenvalue weighted by molar-refractivity contribution is -0.403. The maximum atomic E-state index is 13.0. The van der Waals surface area contributed by atoms with Crippen molar-refractivity contribution in [2.24, 2.45) is 5.92 Å². The summed E-state index contributed by atoms with van der Waals surface area (Å²) in [5.41, 5.74) is 0.802. The summed E-state index contributed by atoms with van der Waals surface area (Å²) in [6.45, 7) is 2.08. The number of ether oxygens (including phenoxy) is 4. The van der Waals surface area contributed by atoms with Gasteiger partial charge >= 0.3 is 5.97 Å². The fraction of sp³-hybridized carbons (Fsp3) is 0.556. The van der Waals surface area contributed by atoms with E-state index in [0.29, 0.717) is 0 Å². The topological polar surface area (TPSA) is 89.5 Å². The van der Waals surface area contributed by atoms with Gasteiger partial charge in [-0.3, -0.25) is 9.59 Å². The maximum absolute atomic E-state index is 13.0. The van der Waals surface area contributed by atoms with Crippen LogP contribution in [0.1, 0.15) is 25.2 Å². The average molecular weight is 366 g/mol. The zero-order chi connectivity index (χ0) is 18.5. The lowest BCUT2D eigenvalue weighted by Gasteiger charge is -2.43. The maximum Gasteiger partial charge on any atom is 0.306 e. The Morgan fingerprint density at radius 3 is 2.69 bits per heavy atom. The van der Waals surface area contributed by atoms with Crippen molar-refractivity contribution >= 4 is 11.8 Å². The number of hydrogen-bond donors (Lipinski definition) is 0. The van der Waals surface area contributed by atoms with Crippen LogP contribution in [0.2, 0.25) is 0 Å². The van der Waals surface area contributed by atoms with E-state index in [1.807, 2.05) is 30.3 Å². The lowest BCUT2D eigenvalue weighted by atomic mass is 9.89. The molecule has 0 spiro atoms. The van der Waals surface area contributed by atoms with E-state index in [-0.39, 0.29) is 25.4 Å². The molecular weight excluding hydrogens is 344 g/mol. The zero-order valence-corrected chi connectivity index (χ0v) is 14.7. The van der Waals surface area contributed by atoms with E-state index in [9.17, 15) is 9.59 Å². The van der Waals surface area contributed by atoms with E-state index in [0.717, 1.165) is 5.56 Å². The van der Waals surface area contributed by atoms with Gasteiger partial charge < -0.3 is 18.9 Å². The van der Waals surface area contributed by atoms with Gasteiger partial charge in [-0.05, 0) is 6.92 Å². The van der Waals surface area contributed by atoms with E-state index in [1.165, 1.54) is 7.11 Å². The van der Waals surface area contributed by atoms with Crippen molar-refractivity contribution < 1.29 is 38.3 Å². The summed E-state index contributed by atoms with van der Waals surface area (Å²) in [4.78, 5) is 34.5. The molecule has 26 heavy (non-hydrogen) atoms. The van der Waals surface area contributed by atoms with E-state index >= 15 is 0 Å². The van der Waals surface area contributed by atoms with Crippen LogP contribution in [-0.2, 0) is 38.3 Å². The molecule has 2 aliphatic rings. The van der Waals surface area contributed by atoms with Crippen LogP contribution in [0, 0.1) is 5.92 Å². The zero-order valence-electron chi connectivity index (χ0n) is 14.7. The van der Waals surface area contributed by atoms with Gasteiger partial charge in [-0.2, -0.15) is 0 Å². The average Bonchev–Trinajstić information content (AvgIpc) is 2.66. The van der Waals surface area contributed by atoms with Gasteiger partial charge in [0, 0.05) is 5.56 Å². The second-order valence-corrected chi connectivity index (χ2v) is 5.96. The Kier molecular flexibility index (Phi) is 6.33. The van der Waals surface area contributed by atoms with Crippen LogP contribution in [0.3, 0.4) is 0 Å². The first-order chi connectivity index (χ1) is 12.6. The fourth-order valence-corrected chi connectivity index (χ4v) is 3.07. The Hall–Kier alpha value is -1.84. The number of fused-ring (bicyclic) bond motifs is 1. The summed E-state index contributed by atoms with van der Waals surface area (Å²) in [6.07, 6.45) is -3.37. The number of benzene rings is 1. The summed E-state index contributed by atoms with van der Waals surface area (Å²) < 4.78 is 22.2. The van der Waals surface area contributed by atoms with Crippen molar-refractivity contribution in [2.75, 3.05) is 20.3 Å². The van der Waals surface area contributed by atoms with E-state index in [2.05, 4.69) is 4.89 Å². The molecule has 5 atom stereocenters. The van der Waals surface area contributed by atoms with Crippen LogP contribution in [-0.4, -0.2) is 50.6 Å². The highest BCUT2D eigenvalue weighted by molar-refractivity contribution is 5.90. The molecule has 0 aliphatic carbocycles. The summed E-state index contributed by atoms with van der Waals surface area (Å²) in [6, 6.07) is 9.31. The SMILES string of the molecule is CCOC(=O)C[C@@H]1C(=O)[C@@H]2OC(c3ccccc3)OC[C@H]2O[C@@H]1OOC. The van der Waals surface area contributed by atoms with Crippen molar-refractivity contribution in [3.63, 3.8) is 0 Å². The number of esters is 1. The Labute approximate surface area is 151 Å². The van der Waals surface area contributed by atoms with Crippen LogP contribution < -0.4 is 0 Å². The van der Waals surface area contributed by atoms with Crippen LogP contribution in [0.4, 0.5) is 0 Å². The molecule has 2 heterocycles. The third kappa shape index (κ3) is 4.11. The highest BCUT2D eigenvalue weighted by Gasteiger charge is 2.50. The Morgan fingerprint density at radius 2 is 2.00 bits per heavy atom. The van der Waals surface area contributed by atoms with Crippen molar-refractivity contribution in [1.29, 1.82) is 0 Å². The molecule has 2 aliphatic heterocycles. The molecule has 0 amide bonds. The highest BCUT2D eigenvalue weighted by atomic mass is 17.2. The first-order valence-electron chi connectivity index (χ1n) is 8.50. The molecule has 0 radical (unpaired) electrons. The molecule has 0 aromatic heterocycles. The quantitative estimate of drug-likeness (QED) is 0.426. The lowest BCUT2D eigenvalue weighted by Crippen LogP contribution is -2.58. The second-order valence-electron chi connectivity index (χ2n) is 5.96. The monoisotopic (exact) mass is 366 g/mol. The number of carbonyl (C=O) groups excluding carboxylic acids is 2. The highest BCUT2D eigenvalue weighted by Crippen LogP contribution is 2.35. The first kappa shape index (κ1) is 18.9. The molecule has 2 saturated heterocycles. The fourth-order valence-electron chi connectivity index (χ4n) is 3.07. The van der Waals surface area contributed by atoms with Gasteiger partial charge in [0.15, 0.2) is 12.1 Å². The van der Waals surface area contributed by atoms with Crippen LogP contribution in [0.15, 0.2) is 30.3 Å². The molecule has 142 valence electrons. The first-order valence-corrected chi connectivity index (χ1v) is 8.50. The molecular formula is C18H22O8. The number of Topliss-reactive ketones (excluding diaryl/α,β-unsaturated/α-hetero) is 1. The molecule has 0 bridgehead atoms. The van der Waals surface area contributed by atoms with E-state index in [1.54, 1.807) is 6.92 Å². The summed E-state index contributed by atoms with van der Waals surface area (Å²) in [5.74, 6) is -1.69. The smallest absolute Gasteiger partial charge is 0.306 e. The van der Waals surface area contributed by atoms with Crippen molar-refractivity contribution in [2.45, 2.75) is 38.1 Å². The van der Waals surface area contributed by atoms with E-state index < -0.39 is 36.7 Å². The van der Waals surface area contributed by atoms with Crippen LogP contribution >= 0.6 is 0 Å². The predicted octanol–water partition coefficient (Wildman–Crippen LogP) is 1.54. The van der Waals surface area contributed by atoms with E-state index in [4.69, 9.17) is 23.8 Å². The summed E-state index contributed by atoms with van der Waals surface area (Å²) >= 11 is 0. The van der Waals surface area contributed by atoms with Gasteiger partial charge in [-0.25, -0.2) is 9.78 Å². The molecule has 1 unspecified atom stereocenters. The summed E-state index contributed by atoms with van der Waals surface area (Å²) in [5, 5.41) is 0. The number of hydrogen-bond acceptors (Lipinski definition) is 8. The molecule has 1 aromatic rings. The Morgan fingerprint density at radius 1 is 1.23 bits per heavy atom. The second kappa shape index (κ2) is 8.70. The molecule has 1 aromatic carbocycles. The van der Waals surface area contributed by atoms with Crippen molar-refractivity contribution in [1.82, 2.24) is 0 Å². The largest absolute Gasteiger partial charge is 0.466 e. The van der Waals surface area contributed by atoms with Gasteiger partial charge in [0.2, 0.25) is 6.29 Å². The Bertz CT molecular complexity index is 619. The third-order valence-electron chi connectivity index (χ3n) is 4.26. The molecule has 0 N–H and O–H groups in total. The minimum Gasteiger partial charge on any atom is -0.466 e. The molecule has 3 rings (SSSR count). The molecule has 8 nitrogen and oxygen atoms in total. The molecule has 0 saturated carbocycles. The van der Waals surface area contributed by atoms with Crippen molar-refractivity contribution in [3.05, 3.63) is 35.9 Å². The standard InChI is InChI=1S/C18H22O8/c1-3-22-14(19)9-12-15(20)16-13(24-18(12)26-21-2)10-23-17(25-16)11-7-5-4-6-8-11/h4-8,12-13,16-18H,3,9-10H2,1-2H3/t12-,13-,16-,17?,18-/m1/s1. The summed E-state index contributed by atoms with van der Waals surface area (Å²) in [7, 11) is 1.31. The minimum absolute atomic E-state index is 0.158. The predicted molar refractivity (Wildman–Crippen MR) is 86.5 cm³/mol. The van der Waals surface area contributed by atoms with Gasteiger partial charge in [0.05, 0.1) is 32.7 Å². The number of ketones is 1.